The van der Waals surface area contributed by atoms with E-state index in [9.17, 15) is 5.11 Å². The second kappa shape index (κ2) is 10.9. The van der Waals surface area contributed by atoms with Gasteiger partial charge in [-0.05, 0) is 65.0 Å². The van der Waals surface area contributed by atoms with Gasteiger partial charge in [-0.2, -0.15) is 0 Å². The van der Waals surface area contributed by atoms with Crippen LogP contribution in [0.3, 0.4) is 0 Å². The molecule has 0 atom stereocenters. The van der Waals surface area contributed by atoms with Crippen molar-refractivity contribution in [2.75, 3.05) is 6.61 Å². The maximum atomic E-state index is 9.61. The van der Waals surface area contributed by atoms with Crippen LogP contribution in [0.5, 0.6) is 11.5 Å². The molecule has 3 rings (SSSR count). The first kappa shape index (κ1) is 22.0. The molecular weight excluding hydrogens is 369 g/mol. The molecule has 4 heteroatoms. The largest absolute Gasteiger partial charge is 0.508 e. The lowest BCUT2D eigenvalue weighted by molar-refractivity contribution is 0.304. The third-order valence-electron chi connectivity index (χ3n) is 5.41. The Hall–Kier alpha value is -2.75. The lowest BCUT2D eigenvalue weighted by Gasteiger charge is -2.17. The summed E-state index contributed by atoms with van der Waals surface area (Å²) < 4.78 is 5.90. The molecule has 0 aliphatic rings. The van der Waals surface area contributed by atoms with Gasteiger partial charge in [-0.3, -0.25) is 4.98 Å². The first-order valence-electron chi connectivity index (χ1n) is 10.9. The number of hydrogen-bond donors (Lipinski definition) is 1. The van der Waals surface area contributed by atoms with Crippen molar-refractivity contribution in [3.63, 3.8) is 0 Å². The van der Waals surface area contributed by atoms with Crippen molar-refractivity contribution < 1.29 is 9.84 Å². The third kappa shape index (κ3) is 5.44. The predicted molar refractivity (Wildman–Crippen MR) is 126 cm³/mol. The Balaban J connectivity index is 1.79. The molecule has 0 unspecified atom stereocenters. The number of phenols is 1. The molecule has 30 heavy (non-hydrogen) atoms. The minimum Gasteiger partial charge on any atom is -0.508 e. The molecule has 0 spiro atoms. The van der Waals surface area contributed by atoms with Crippen molar-refractivity contribution in [3.05, 3.63) is 60.3 Å². The molecule has 1 aromatic heterocycles. The van der Waals surface area contributed by atoms with E-state index in [2.05, 4.69) is 31.0 Å². The number of ether oxygens (including phenoxy) is 1. The van der Waals surface area contributed by atoms with Gasteiger partial charge in [-0.15, -0.1) is 0 Å². The number of phenolic OH excluding ortho intramolecular Hbond substituents is 1. The van der Waals surface area contributed by atoms with Crippen molar-refractivity contribution in [2.45, 2.75) is 52.4 Å². The van der Waals surface area contributed by atoms with Gasteiger partial charge in [0.1, 0.15) is 19.3 Å². The zero-order chi connectivity index (χ0) is 21.3. The fourth-order valence-electron chi connectivity index (χ4n) is 3.76. The average molecular weight is 399 g/mol. The van der Waals surface area contributed by atoms with Crippen LogP contribution in [0.15, 0.2) is 54.7 Å². The van der Waals surface area contributed by atoms with E-state index in [0.29, 0.717) is 5.59 Å². The number of hydrogen-bond acceptors (Lipinski definition) is 3. The highest BCUT2D eigenvalue weighted by molar-refractivity contribution is 6.34. The van der Waals surface area contributed by atoms with Crippen LogP contribution in [-0.2, 0) is 6.42 Å². The highest BCUT2D eigenvalue weighted by Crippen LogP contribution is 2.32. The van der Waals surface area contributed by atoms with Crippen molar-refractivity contribution in [1.29, 1.82) is 0 Å². The highest BCUT2D eigenvalue weighted by Gasteiger charge is 2.14. The van der Waals surface area contributed by atoms with E-state index < -0.39 is 0 Å². The van der Waals surface area contributed by atoms with Crippen LogP contribution in [0.25, 0.3) is 22.3 Å². The number of aromatic nitrogens is 1. The number of pyridine rings is 1. The molecule has 1 heterocycles. The second-order valence-corrected chi connectivity index (χ2v) is 7.60. The molecule has 0 fully saturated rings. The summed E-state index contributed by atoms with van der Waals surface area (Å²) in [4.78, 5) is 4.45. The van der Waals surface area contributed by atoms with Crippen LogP contribution < -0.4 is 10.3 Å². The van der Waals surface area contributed by atoms with Crippen LogP contribution in [0, 0.1) is 0 Å². The van der Waals surface area contributed by atoms with E-state index in [1.807, 2.05) is 30.5 Å². The molecular formula is C26H30BNO2. The molecule has 1 N–H and O–H groups in total. The van der Waals surface area contributed by atoms with E-state index in [1.54, 1.807) is 12.1 Å². The summed E-state index contributed by atoms with van der Waals surface area (Å²) in [6.07, 6.45) is 8.84. The highest BCUT2D eigenvalue weighted by atomic mass is 16.5. The molecule has 2 radical (unpaired) electrons. The van der Waals surface area contributed by atoms with E-state index in [4.69, 9.17) is 12.6 Å². The second-order valence-electron chi connectivity index (χ2n) is 7.60. The molecule has 0 aliphatic carbocycles. The van der Waals surface area contributed by atoms with Crippen LogP contribution in [0.1, 0.15) is 51.5 Å². The minimum absolute atomic E-state index is 0.237. The van der Waals surface area contributed by atoms with Gasteiger partial charge in [-0.25, -0.2) is 0 Å². The van der Waals surface area contributed by atoms with Gasteiger partial charge in [0.05, 0.1) is 6.61 Å². The fourth-order valence-corrected chi connectivity index (χ4v) is 3.76. The van der Waals surface area contributed by atoms with Crippen molar-refractivity contribution >= 4 is 13.4 Å². The quantitative estimate of drug-likeness (QED) is 0.345. The monoisotopic (exact) mass is 399 g/mol. The Labute approximate surface area is 181 Å². The lowest BCUT2D eigenvalue weighted by atomic mass is 9.85. The van der Waals surface area contributed by atoms with Gasteiger partial charge in [0.25, 0.3) is 0 Å². The van der Waals surface area contributed by atoms with Gasteiger partial charge >= 0.3 is 0 Å². The van der Waals surface area contributed by atoms with E-state index in [-0.39, 0.29) is 5.75 Å². The first-order valence-corrected chi connectivity index (χ1v) is 10.9. The molecule has 3 nitrogen and oxygen atoms in total. The summed E-state index contributed by atoms with van der Waals surface area (Å²) >= 11 is 0. The van der Waals surface area contributed by atoms with E-state index in [0.717, 1.165) is 53.0 Å². The fraction of sp³-hybridized carbons (Fsp3) is 0.346. The smallest absolute Gasteiger partial charge is 0.142 e. The summed E-state index contributed by atoms with van der Waals surface area (Å²) in [5.41, 5.74) is 5.71. The number of unbranched alkanes of at least 4 members (excludes halogenated alkanes) is 4. The van der Waals surface area contributed by atoms with Crippen LogP contribution in [-0.4, -0.2) is 24.5 Å². The Kier molecular flexibility index (Phi) is 7.95. The summed E-state index contributed by atoms with van der Waals surface area (Å²) in [6, 6.07) is 15.3. The average Bonchev–Trinajstić information content (AvgIpc) is 2.77. The Bertz CT molecular complexity index is 936. The molecule has 2 aromatic carbocycles. The SMILES string of the molecule is [B]c1ncc(-c2ccc(OCCCCCCC)cc2)c(CC)c1-c1ccc(O)cc1. The van der Waals surface area contributed by atoms with Crippen LogP contribution in [0.4, 0.5) is 0 Å². The number of rotatable bonds is 10. The summed E-state index contributed by atoms with van der Waals surface area (Å²) in [5.74, 6) is 1.13. The Morgan fingerprint density at radius 2 is 1.53 bits per heavy atom. The molecule has 0 bridgehead atoms. The third-order valence-corrected chi connectivity index (χ3v) is 5.41. The maximum Gasteiger partial charge on any atom is 0.142 e. The van der Waals surface area contributed by atoms with Gasteiger partial charge < -0.3 is 9.84 Å². The first-order chi connectivity index (χ1) is 14.6. The molecule has 0 amide bonds. The zero-order valence-electron chi connectivity index (χ0n) is 18.0. The van der Waals surface area contributed by atoms with Crippen molar-refractivity contribution in [1.82, 2.24) is 4.98 Å². The molecule has 0 aliphatic heterocycles. The van der Waals surface area contributed by atoms with Crippen molar-refractivity contribution in [3.8, 4) is 33.8 Å². The topological polar surface area (TPSA) is 42.4 Å². The van der Waals surface area contributed by atoms with Gasteiger partial charge in [0, 0.05) is 11.8 Å². The summed E-state index contributed by atoms with van der Waals surface area (Å²) in [7, 11) is 6.24. The minimum atomic E-state index is 0.237. The normalized spacial score (nSPS) is 10.9. The standard InChI is InChI=1S/C26H30BNO2/c1-3-5-6-7-8-17-30-22-15-11-19(12-16-22)24-18-28-26(27)25(23(24)4-2)20-9-13-21(29)14-10-20/h9-16,18,29H,3-8,17H2,1-2H3. The molecule has 3 aromatic rings. The van der Waals surface area contributed by atoms with Gasteiger partial charge in [0.15, 0.2) is 0 Å². The summed E-state index contributed by atoms with van der Waals surface area (Å²) in [6.45, 7) is 5.11. The van der Waals surface area contributed by atoms with Crippen LogP contribution in [0.2, 0.25) is 0 Å². The number of nitrogens with zero attached hydrogens (tertiary/aromatic N) is 1. The Morgan fingerprint density at radius 1 is 0.867 bits per heavy atom. The van der Waals surface area contributed by atoms with Gasteiger partial charge in [0.2, 0.25) is 0 Å². The van der Waals surface area contributed by atoms with Gasteiger partial charge in [-0.1, -0.05) is 63.8 Å². The zero-order valence-corrected chi connectivity index (χ0v) is 18.0. The van der Waals surface area contributed by atoms with Crippen molar-refractivity contribution in [2.24, 2.45) is 0 Å². The Morgan fingerprint density at radius 3 is 2.20 bits per heavy atom. The summed E-state index contributed by atoms with van der Waals surface area (Å²) in [5, 5.41) is 9.61. The molecule has 154 valence electrons. The number of benzene rings is 2. The van der Waals surface area contributed by atoms with E-state index in [1.165, 1.54) is 25.7 Å². The molecule has 0 saturated carbocycles. The molecule has 0 saturated heterocycles. The van der Waals surface area contributed by atoms with Crippen LogP contribution >= 0.6 is 0 Å². The number of aromatic hydroxyl groups is 1. The predicted octanol–water partition coefficient (Wildman–Crippen LogP) is 5.83. The lowest BCUT2D eigenvalue weighted by Crippen LogP contribution is -2.15. The maximum absolute atomic E-state index is 9.61. The van der Waals surface area contributed by atoms with E-state index >= 15 is 0 Å².